The average molecular weight is 230 g/mol. The lowest BCUT2D eigenvalue weighted by molar-refractivity contribution is -0.175. The average Bonchev–Trinajstić information content (AvgIpc) is 2.27. The highest BCUT2D eigenvalue weighted by atomic mass is 16.5. The van der Waals surface area contributed by atoms with Crippen LogP contribution in [0.3, 0.4) is 0 Å². The molecule has 0 aromatic heterocycles. The molecule has 1 saturated carbocycles. The van der Waals surface area contributed by atoms with E-state index in [0.717, 1.165) is 25.7 Å². The molecule has 16 heavy (non-hydrogen) atoms. The summed E-state index contributed by atoms with van der Waals surface area (Å²) in [4.78, 5) is 11.2. The Balaban J connectivity index is 2.72. The Hall–Kier alpha value is -0.610. The van der Waals surface area contributed by atoms with Gasteiger partial charge in [0.25, 0.3) is 0 Å². The number of hydrogen-bond donors (Lipinski definition) is 2. The molecule has 4 heteroatoms. The molecule has 0 bridgehead atoms. The van der Waals surface area contributed by atoms with Gasteiger partial charge in [-0.25, -0.2) is 4.79 Å². The van der Waals surface area contributed by atoms with Crippen molar-refractivity contribution in [3.8, 4) is 0 Å². The van der Waals surface area contributed by atoms with Crippen molar-refractivity contribution in [3.05, 3.63) is 0 Å². The van der Waals surface area contributed by atoms with Gasteiger partial charge >= 0.3 is 5.97 Å². The molecule has 0 amide bonds. The lowest BCUT2D eigenvalue weighted by Gasteiger charge is -2.39. The van der Waals surface area contributed by atoms with Gasteiger partial charge in [0.1, 0.15) is 0 Å². The number of carboxylic acids is 1. The van der Waals surface area contributed by atoms with E-state index >= 15 is 0 Å². The Bertz CT molecular complexity index is 243. The van der Waals surface area contributed by atoms with Crippen molar-refractivity contribution in [1.82, 2.24) is 0 Å². The maximum absolute atomic E-state index is 11.2. The van der Waals surface area contributed by atoms with Crippen molar-refractivity contribution < 1.29 is 19.7 Å². The minimum absolute atomic E-state index is 0.156. The topological polar surface area (TPSA) is 66.8 Å². The number of carbonyl (C=O) groups is 1. The molecule has 1 unspecified atom stereocenters. The Morgan fingerprint density at radius 2 is 1.81 bits per heavy atom. The summed E-state index contributed by atoms with van der Waals surface area (Å²) in [7, 11) is 1.68. The van der Waals surface area contributed by atoms with E-state index in [1.807, 2.05) is 0 Å². The number of rotatable bonds is 4. The van der Waals surface area contributed by atoms with Gasteiger partial charge in [0.05, 0.1) is 6.10 Å². The molecule has 94 valence electrons. The third-order valence-electron chi connectivity index (χ3n) is 3.85. The molecule has 0 radical (unpaired) electrons. The zero-order chi connectivity index (χ0) is 12.3. The summed E-state index contributed by atoms with van der Waals surface area (Å²) >= 11 is 0. The molecule has 0 heterocycles. The monoisotopic (exact) mass is 230 g/mol. The van der Waals surface area contributed by atoms with Crippen LogP contribution in [-0.4, -0.2) is 35.0 Å². The number of carboxylic acid groups (broad SMARTS) is 1. The lowest BCUT2D eigenvalue weighted by Crippen LogP contribution is -2.51. The normalized spacial score (nSPS) is 30.1. The van der Waals surface area contributed by atoms with E-state index in [0.29, 0.717) is 0 Å². The van der Waals surface area contributed by atoms with Crippen molar-refractivity contribution in [1.29, 1.82) is 0 Å². The molecule has 0 aromatic carbocycles. The second kappa shape index (κ2) is 5.15. The van der Waals surface area contributed by atoms with Gasteiger partial charge in [0.15, 0.2) is 5.60 Å². The molecule has 0 saturated heterocycles. The molecule has 1 fully saturated rings. The highest BCUT2D eigenvalue weighted by Gasteiger charge is 2.47. The molecular weight excluding hydrogens is 208 g/mol. The van der Waals surface area contributed by atoms with Gasteiger partial charge in [-0.05, 0) is 37.5 Å². The van der Waals surface area contributed by atoms with Crippen molar-refractivity contribution in [2.75, 3.05) is 7.11 Å². The van der Waals surface area contributed by atoms with Crippen LogP contribution in [0.4, 0.5) is 0 Å². The summed E-state index contributed by atoms with van der Waals surface area (Å²) in [6.07, 6.45) is 3.34. The first-order valence-corrected chi connectivity index (χ1v) is 5.91. The predicted octanol–water partition coefficient (Wildman–Crippen LogP) is 1.66. The lowest BCUT2D eigenvalue weighted by atomic mass is 9.71. The van der Waals surface area contributed by atoms with Crippen molar-refractivity contribution >= 4 is 5.97 Å². The van der Waals surface area contributed by atoms with Gasteiger partial charge in [0, 0.05) is 7.11 Å². The standard InChI is InChI=1S/C12H22O4/c1-8(2)12(15,11(13)14)9-4-6-10(16-3)7-5-9/h8-10,15H,4-7H2,1-3H3,(H,13,14). The van der Waals surface area contributed by atoms with Gasteiger partial charge in [0.2, 0.25) is 0 Å². The summed E-state index contributed by atoms with van der Waals surface area (Å²) in [5, 5.41) is 19.5. The van der Waals surface area contributed by atoms with Gasteiger partial charge in [-0.3, -0.25) is 0 Å². The molecule has 0 spiro atoms. The van der Waals surface area contributed by atoms with E-state index in [2.05, 4.69) is 0 Å². The Morgan fingerprint density at radius 3 is 2.12 bits per heavy atom. The van der Waals surface area contributed by atoms with Crippen LogP contribution in [0.2, 0.25) is 0 Å². The Morgan fingerprint density at radius 1 is 1.31 bits per heavy atom. The van der Waals surface area contributed by atoms with Crippen LogP contribution in [0, 0.1) is 11.8 Å². The molecule has 4 nitrogen and oxygen atoms in total. The van der Waals surface area contributed by atoms with Crippen LogP contribution in [0.5, 0.6) is 0 Å². The second-order valence-corrected chi connectivity index (χ2v) is 4.99. The van der Waals surface area contributed by atoms with E-state index in [4.69, 9.17) is 4.74 Å². The fraction of sp³-hybridized carbons (Fsp3) is 0.917. The van der Waals surface area contributed by atoms with Gasteiger partial charge in [-0.15, -0.1) is 0 Å². The molecular formula is C12H22O4. The SMILES string of the molecule is COC1CCC(C(O)(C(=O)O)C(C)C)CC1. The van der Waals surface area contributed by atoms with Crippen LogP contribution < -0.4 is 0 Å². The maximum Gasteiger partial charge on any atom is 0.336 e. The fourth-order valence-corrected chi connectivity index (χ4v) is 2.63. The van der Waals surface area contributed by atoms with E-state index < -0.39 is 11.6 Å². The third-order valence-corrected chi connectivity index (χ3v) is 3.85. The van der Waals surface area contributed by atoms with Crippen LogP contribution in [0.25, 0.3) is 0 Å². The molecule has 1 atom stereocenters. The number of hydrogen-bond acceptors (Lipinski definition) is 3. The van der Waals surface area contributed by atoms with Gasteiger partial charge < -0.3 is 14.9 Å². The first-order valence-electron chi connectivity index (χ1n) is 5.91. The van der Waals surface area contributed by atoms with Gasteiger partial charge in [-0.2, -0.15) is 0 Å². The summed E-state index contributed by atoms with van der Waals surface area (Å²) in [6, 6.07) is 0. The molecule has 0 aromatic rings. The first-order chi connectivity index (χ1) is 7.42. The van der Waals surface area contributed by atoms with E-state index in [1.54, 1.807) is 21.0 Å². The minimum Gasteiger partial charge on any atom is -0.479 e. The molecule has 1 aliphatic rings. The van der Waals surface area contributed by atoms with Gasteiger partial charge in [-0.1, -0.05) is 13.8 Å². The molecule has 2 N–H and O–H groups in total. The van der Waals surface area contributed by atoms with Crippen LogP contribution in [0.15, 0.2) is 0 Å². The summed E-state index contributed by atoms with van der Waals surface area (Å²) in [5.41, 5.74) is -1.58. The Kier molecular flexibility index (Phi) is 4.33. The van der Waals surface area contributed by atoms with E-state index in [9.17, 15) is 15.0 Å². The zero-order valence-electron chi connectivity index (χ0n) is 10.3. The number of methoxy groups -OCH3 is 1. The smallest absolute Gasteiger partial charge is 0.336 e. The van der Waals surface area contributed by atoms with Crippen LogP contribution >= 0.6 is 0 Å². The van der Waals surface area contributed by atoms with Crippen molar-refractivity contribution in [3.63, 3.8) is 0 Å². The highest BCUT2D eigenvalue weighted by Crippen LogP contribution is 2.38. The molecule has 1 aliphatic carbocycles. The van der Waals surface area contributed by atoms with E-state index in [-0.39, 0.29) is 17.9 Å². The summed E-state index contributed by atoms with van der Waals surface area (Å²) < 4.78 is 5.24. The largest absolute Gasteiger partial charge is 0.479 e. The number of aliphatic hydroxyl groups is 1. The fourth-order valence-electron chi connectivity index (χ4n) is 2.63. The van der Waals surface area contributed by atoms with Crippen molar-refractivity contribution in [2.45, 2.75) is 51.2 Å². The molecule has 0 aliphatic heterocycles. The maximum atomic E-state index is 11.2. The second-order valence-electron chi connectivity index (χ2n) is 4.99. The third kappa shape index (κ3) is 2.38. The number of ether oxygens (including phenoxy) is 1. The molecule has 1 rings (SSSR count). The quantitative estimate of drug-likeness (QED) is 0.771. The summed E-state index contributed by atoms with van der Waals surface area (Å²) in [6.45, 7) is 3.52. The highest BCUT2D eigenvalue weighted by molar-refractivity contribution is 5.78. The van der Waals surface area contributed by atoms with E-state index in [1.165, 1.54) is 0 Å². The first kappa shape index (κ1) is 13.5. The predicted molar refractivity (Wildman–Crippen MR) is 60.2 cm³/mol. The summed E-state index contributed by atoms with van der Waals surface area (Å²) in [5.74, 6) is -1.52. The minimum atomic E-state index is -1.58. The van der Waals surface area contributed by atoms with Crippen molar-refractivity contribution in [2.24, 2.45) is 11.8 Å². The van der Waals surface area contributed by atoms with Crippen LogP contribution in [-0.2, 0) is 9.53 Å². The van der Waals surface area contributed by atoms with Crippen LogP contribution in [0.1, 0.15) is 39.5 Å². The zero-order valence-corrected chi connectivity index (χ0v) is 10.3. The number of aliphatic carboxylic acids is 1. The Labute approximate surface area is 96.6 Å².